The van der Waals surface area contributed by atoms with E-state index in [4.69, 9.17) is 4.52 Å². The molecule has 0 aliphatic carbocycles. The van der Waals surface area contributed by atoms with E-state index >= 15 is 0 Å². The Kier molecular flexibility index (Phi) is 6.28. The number of thioether (sulfide) groups is 1. The predicted molar refractivity (Wildman–Crippen MR) is 94.3 cm³/mol. The molecule has 2 rings (SSSR count). The van der Waals surface area contributed by atoms with Crippen molar-refractivity contribution < 1.29 is 9.32 Å². The maximum atomic E-state index is 12.6. The molecule has 0 fully saturated rings. The zero-order valence-electron chi connectivity index (χ0n) is 14.2. The molecule has 0 atom stereocenters. The van der Waals surface area contributed by atoms with Gasteiger partial charge in [-0.1, -0.05) is 35.5 Å². The van der Waals surface area contributed by atoms with E-state index in [9.17, 15) is 4.79 Å². The lowest BCUT2D eigenvalue weighted by atomic mass is 10.2. The van der Waals surface area contributed by atoms with Crippen molar-refractivity contribution in [3.63, 3.8) is 0 Å². The van der Waals surface area contributed by atoms with Gasteiger partial charge in [-0.25, -0.2) is 0 Å². The number of hydrogen-bond acceptors (Lipinski definition) is 4. The van der Waals surface area contributed by atoms with Gasteiger partial charge in [-0.15, -0.1) is 11.8 Å². The molecule has 0 saturated carbocycles. The van der Waals surface area contributed by atoms with Gasteiger partial charge in [-0.05, 0) is 33.3 Å². The lowest BCUT2D eigenvalue weighted by molar-refractivity contribution is -0.130. The van der Waals surface area contributed by atoms with Crippen LogP contribution in [0.15, 0.2) is 34.9 Å². The van der Waals surface area contributed by atoms with Crippen LogP contribution in [0.5, 0.6) is 0 Å². The molecule has 5 heteroatoms. The third-order valence-electron chi connectivity index (χ3n) is 3.79. The van der Waals surface area contributed by atoms with Crippen molar-refractivity contribution in [1.82, 2.24) is 10.1 Å². The Balaban J connectivity index is 1.91. The molecule has 1 aromatic carbocycles. The molecule has 0 N–H and O–H groups in total. The highest BCUT2D eigenvalue weighted by Gasteiger charge is 2.18. The average Bonchev–Trinajstić information content (AvgIpc) is 2.85. The van der Waals surface area contributed by atoms with Gasteiger partial charge in [0, 0.05) is 23.9 Å². The fraction of sp³-hybridized carbons (Fsp3) is 0.444. The van der Waals surface area contributed by atoms with Crippen LogP contribution in [0.3, 0.4) is 0 Å². The second-order valence-electron chi connectivity index (χ2n) is 5.90. The number of nitrogens with zero attached hydrogens (tertiary/aromatic N) is 2. The number of rotatable bonds is 7. The zero-order chi connectivity index (χ0) is 16.8. The molecular weight excluding hydrogens is 308 g/mol. The quantitative estimate of drug-likeness (QED) is 0.770. The topological polar surface area (TPSA) is 46.3 Å². The molecule has 0 aliphatic heterocycles. The summed E-state index contributed by atoms with van der Waals surface area (Å²) in [5, 5.41) is 3.95. The number of carbonyl (C=O) groups excluding carboxylic acids is 1. The van der Waals surface area contributed by atoms with Gasteiger partial charge in [0.15, 0.2) is 0 Å². The molecular formula is C18H24N2O2S. The van der Waals surface area contributed by atoms with E-state index in [-0.39, 0.29) is 11.9 Å². The van der Waals surface area contributed by atoms with Crippen molar-refractivity contribution in [2.45, 2.75) is 46.0 Å². The number of benzene rings is 1. The van der Waals surface area contributed by atoms with Crippen molar-refractivity contribution in [2.24, 2.45) is 0 Å². The minimum atomic E-state index is 0.167. The minimum Gasteiger partial charge on any atom is -0.361 e. The van der Waals surface area contributed by atoms with Crippen LogP contribution in [-0.2, 0) is 17.1 Å². The van der Waals surface area contributed by atoms with E-state index in [1.54, 1.807) is 11.8 Å². The normalized spacial score (nSPS) is 11.0. The Morgan fingerprint density at radius 1 is 1.26 bits per heavy atom. The zero-order valence-corrected chi connectivity index (χ0v) is 15.0. The molecule has 0 saturated heterocycles. The van der Waals surface area contributed by atoms with Crippen LogP contribution in [0.1, 0.15) is 36.4 Å². The number of aromatic nitrogens is 1. The number of hydrogen-bond donors (Lipinski definition) is 0. The molecule has 0 aliphatic rings. The molecule has 4 nitrogen and oxygen atoms in total. The number of carbonyl (C=O) groups is 1. The van der Waals surface area contributed by atoms with Gasteiger partial charge in [0.05, 0.1) is 11.4 Å². The Hall–Kier alpha value is -1.75. The molecule has 1 amide bonds. The van der Waals surface area contributed by atoms with Crippen LogP contribution in [0.2, 0.25) is 0 Å². The maximum absolute atomic E-state index is 12.6. The molecule has 23 heavy (non-hydrogen) atoms. The SMILES string of the molecule is Cc1noc(C)c1CSCC(=O)N(Cc1ccccc1)C(C)C. The molecule has 124 valence electrons. The summed E-state index contributed by atoms with van der Waals surface area (Å²) >= 11 is 1.61. The lowest BCUT2D eigenvalue weighted by Gasteiger charge is -2.27. The van der Waals surface area contributed by atoms with Crippen LogP contribution in [0.4, 0.5) is 0 Å². The first-order chi connectivity index (χ1) is 11.0. The van der Waals surface area contributed by atoms with E-state index in [1.165, 1.54) is 0 Å². The largest absolute Gasteiger partial charge is 0.361 e. The van der Waals surface area contributed by atoms with Gasteiger partial charge >= 0.3 is 0 Å². The van der Waals surface area contributed by atoms with Crippen LogP contribution >= 0.6 is 11.8 Å². The van der Waals surface area contributed by atoms with Gasteiger partial charge in [0.25, 0.3) is 0 Å². The van der Waals surface area contributed by atoms with Gasteiger partial charge in [-0.2, -0.15) is 0 Å². The first kappa shape index (κ1) is 17.6. The monoisotopic (exact) mass is 332 g/mol. The second-order valence-corrected chi connectivity index (χ2v) is 6.88. The average molecular weight is 332 g/mol. The van der Waals surface area contributed by atoms with Gasteiger partial charge in [0.1, 0.15) is 5.76 Å². The maximum Gasteiger partial charge on any atom is 0.233 e. The van der Waals surface area contributed by atoms with Crippen molar-refractivity contribution in [3.8, 4) is 0 Å². The summed E-state index contributed by atoms with van der Waals surface area (Å²) in [6.45, 7) is 8.61. The van der Waals surface area contributed by atoms with Crippen molar-refractivity contribution in [2.75, 3.05) is 5.75 Å². The molecule has 1 heterocycles. The summed E-state index contributed by atoms with van der Waals surface area (Å²) in [7, 11) is 0. The van der Waals surface area contributed by atoms with Crippen LogP contribution < -0.4 is 0 Å². The van der Waals surface area contributed by atoms with E-state index in [0.29, 0.717) is 12.3 Å². The Morgan fingerprint density at radius 3 is 2.52 bits per heavy atom. The molecule has 2 aromatic rings. The van der Waals surface area contributed by atoms with E-state index in [1.807, 2.05) is 36.9 Å². The van der Waals surface area contributed by atoms with Crippen LogP contribution in [-0.4, -0.2) is 27.8 Å². The molecule has 0 radical (unpaired) electrons. The first-order valence-electron chi connectivity index (χ1n) is 7.82. The Bertz CT molecular complexity index is 618. The third-order valence-corrected chi connectivity index (χ3v) is 4.74. The predicted octanol–water partition coefficient (Wildman–Crippen LogP) is 3.96. The molecule has 0 unspecified atom stereocenters. The fourth-order valence-electron chi connectivity index (χ4n) is 2.37. The summed E-state index contributed by atoms with van der Waals surface area (Å²) in [5.41, 5.74) is 3.17. The van der Waals surface area contributed by atoms with Crippen LogP contribution in [0, 0.1) is 13.8 Å². The van der Waals surface area contributed by atoms with Gasteiger partial charge < -0.3 is 9.42 Å². The fourth-order valence-corrected chi connectivity index (χ4v) is 3.43. The Morgan fingerprint density at radius 2 is 1.96 bits per heavy atom. The first-order valence-corrected chi connectivity index (χ1v) is 8.97. The highest BCUT2D eigenvalue weighted by molar-refractivity contribution is 7.99. The van der Waals surface area contributed by atoms with Crippen LogP contribution in [0.25, 0.3) is 0 Å². The smallest absolute Gasteiger partial charge is 0.233 e. The second kappa shape index (κ2) is 8.20. The minimum absolute atomic E-state index is 0.167. The number of amides is 1. The summed E-state index contributed by atoms with van der Waals surface area (Å²) in [6.07, 6.45) is 0. The van der Waals surface area contributed by atoms with Crippen molar-refractivity contribution in [1.29, 1.82) is 0 Å². The van der Waals surface area contributed by atoms with E-state index < -0.39 is 0 Å². The number of aryl methyl sites for hydroxylation is 2. The molecule has 0 spiro atoms. The molecule has 1 aromatic heterocycles. The van der Waals surface area contributed by atoms with Gasteiger partial charge in [-0.3, -0.25) is 4.79 Å². The highest BCUT2D eigenvalue weighted by atomic mass is 32.2. The standard InChI is InChI=1S/C18H24N2O2S/c1-13(2)20(10-16-8-6-5-7-9-16)18(21)12-23-11-17-14(3)19-22-15(17)4/h5-9,13H,10-12H2,1-4H3. The van der Waals surface area contributed by atoms with Crippen molar-refractivity contribution in [3.05, 3.63) is 52.9 Å². The molecule has 0 bridgehead atoms. The Labute approximate surface area is 142 Å². The van der Waals surface area contributed by atoms with E-state index in [2.05, 4.69) is 31.1 Å². The van der Waals surface area contributed by atoms with Crippen molar-refractivity contribution >= 4 is 17.7 Å². The summed E-state index contributed by atoms with van der Waals surface area (Å²) in [4.78, 5) is 14.5. The highest BCUT2D eigenvalue weighted by Crippen LogP contribution is 2.20. The summed E-state index contributed by atoms with van der Waals surface area (Å²) in [5.74, 6) is 2.23. The summed E-state index contributed by atoms with van der Waals surface area (Å²) < 4.78 is 5.16. The van der Waals surface area contributed by atoms with Gasteiger partial charge in [0.2, 0.25) is 5.91 Å². The third kappa shape index (κ3) is 4.86. The lowest BCUT2D eigenvalue weighted by Crippen LogP contribution is -2.37. The summed E-state index contributed by atoms with van der Waals surface area (Å²) in [6, 6.07) is 10.3. The van der Waals surface area contributed by atoms with E-state index in [0.717, 1.165) is 28.3 Å².